The van der Waals surface area contributed by atoms with Crippen molar-refractivity contribution < 1.29 is 9.21 Å². The standard InChI is InChI=1S/C19H16N2O2S/c22-18(19-21-15-8-2-4-10-17(15)24-19)20-11-5-7-14-12-13-6-1-3-9-16(13)23-14/h1-4,6,8-10,12H,5,7,11H2,(H,20,22). The maximum absolute atomic E-state index is 12.2. The highest BCUT2D eigenvalue weighted by molar-refractivity contribution is 7.20. The number of rotatable bonds is 5. The third-order valence-electron chi connectivity index (χ3n) is 3.85. The lowest BCUT2D eigenvalue weighted by atomic mass is 10.2. The van der Waals surface area contributed by atoms with Crippen molar-refractivity contribution in [2.75, 3.05) is 6.54 Å². The molecule has 2 aromatic carbocycles. The normalized spacial score (nSPS) is 11.2. The molecule has 0 fully saturated rings. The van der Waals surface area contributed by atoms with E-state index in [2.05, 4.69) is 16.4 Å². The number of amides is 1. The largest absolute Gasteiger partial charge is 0.461 e. The molecule has 0 unspecified atom stereocenters. The molecule has 0 radical (unpaired) electrons. The SMILES string of the molecule is O=C(NCCCc1cc2ccccc2o1)c1nc2ccccc2s1. The maximum Gasteiger partial charge on any atom is 0.280 e. The van der Waals surface area contributed by atoms with Crippen molar-refractivity contribution >= 4 is 38.4 Å². The smallest absolute Gasteiger partial charge is 0.280 e. The van der Waals surface area contributed by atoms with Crippen molar-refractivity contribution in [2.24, 2.45) is 0 Å². The number of aromatic nitrogens is 1. The number of thiazole rings is 1. The Kier molecular flexibility index (Phi) is 4.01. The first-order valence-electron chi connectivity index (χ1n) is 7.91. The molecule has 0 aliphatic heterocycles. The minimum atomic E-state index is -0.110. The molecule has 0 saturated carbocycles. The lowest BCUT2D eigenvalue weighted by Crippen LogP contribution is -2.24. The average Bonchev–Trinajstić information content (AvgIpc) is 3.21. The van der Waals surface area contributed by atoms with Gasteiger partial charge in [0.1, 0.15) is 11.3 Å². The van der Waals surface area contributed by atoms with Crippen LogP contribution in [0.25, 0.3) is 21.2 Å². The zero-order valence-electron chi connectivity index (χ0n) is 13.0. The highest BCUT2D eigenvalue weighted by Crippen LogP contribution is 2.21. The Morgan fingerprint density at radius 3 is 2.83 bits per heavy atom. The Balaban J connectivity index is 1.32. The number of benzene rings is 2. The van der Waals surface area contributed by atoms with Gasteiger partial charge in [-0.05, 0) is 30.7 Å². The fraction of sp³-hybridized carbons (Fsp3) is 0.158. The summed E-state index contributed by atoms with van der Waals surface area (Å²) in [7, 11) is 0. The summed E-state index contributed by atoms with van der Waals surface area (Å²) in [4.78, 5) is 16.5. The van der Waals surface area contributed by atoms with E-state index in [1.165, 1.54) is 11.3 Å². The molecule has 0 spiro atoms. The molecule has 0 saturated heterocycles. The van der Waals surface area contributed by atoms with E-state index >= 15 is 0 Å². The van der Waals surface area contributed by atoms with Gasteiger partial charge in [0.25, 0.3) is 5.91 Å². The number of hydrogen-bond acceptors (Lipinski definition) is 4. The lowest BCUT2D eigenvalue weighted by Gasteiger charge is -2.01. The zero-order valence-corrected chi connectivity index (χ0v) is 13.8. The van der Waals surface area contributed by atoms with Crippen LogP contribution in [0.15, 0.2) is 59.0 Å². The minimum Gasteiger partial charge on any atom is -0.461 e. The summed E-state index contributed by atoms with van der Waals surface area (Å²) in [6.45, 7) is 0.603. The molecule has 1 N–H and O–H groups in total. The molecule has 4 nitrogen and oxygen atoms in total. The van der Waals surface area contributed by atoms with Crippen LogP contribution in [0.3, 0.4) is 0 Å². The minimum absolute atomic E-state index is 0.110. The van der Waals surface area contributed by atoms with Crippen molar-refractivity contribution in [3.63, 3.8) is 0 Å². The van der Waals surface area contributed by atoms with Crippen LogP contribution >= 0.6 is 11.3 Å². The molecule has 2 aromatic heterocycles. The molecule has 0 aliphatic rings. The number of nitrogens with zero attached hydrogens (tertiary/aromatic N) is 1. The fourth-order valence-electron chi connectivity index (χ4n) is 2.67. The Hall–Kier alpha value is -2.66. The molecule has 120 valence electrons. The number of nitrogens with one attached hydrogen (secondary N) is 1. The maximum atomic E-state index is 12.2. The quantitative estimate of drug-likeness (QED) is 0.549. The van der Waals surface area contributed by atoms with Gasteiger partial charge in [0.05, 0.1) is 10.2 Å². The van der Waals surface area contributed by atoms with E-state index in [1.807, 2.05) is 48.5 Å². The van der Waals surface area contributed by atoms with Gasteiger partial charge in [0, 0.05) is 18.4 Å². The van der Waals surface area contributed by atoms with Gasteiger partial charge in [-0.3, -0.25) is 4.79 Å². The van der Waals surface area contributed by atoms with Gasteiger partial charge >= 0.3 is 0 Å². The van der Waals surface area contributed by atoms with E-state index in [4.69, 9.17) is 4.42 Å². The number of aryl methyl sites for hydroxylation is 1. The molecule has 4 aromatic rings. The number of furan rings is 1. The fourth-order valence-corrected chi connectivity index (χ4v) is 3.55. The highest BCUT2D eigenvalue weighted by atomic mass is 32.1. The summed E-state index contributed by atoms with van der Waals surface area (Å²) in [5.41, 5.74) is 1.78. The van der Waals surface area contributed by atoms with E-state index in [-0.39, 0.29) is 5.91 Å². The number of hydrogen-bond donors (Lipinski definition) is 1. The van der Waals surface area contributed by atoms with Crippen molar-refractivity contribution in [3.8, 4) is 0 Å². The first kappa shape index (κ1) is 14.9. The van der Waals surface area contributed by atoms with Crippen LogP contribution in [0, 0.1) is 0 Å². The first-order valence-corrected chi connectivity index (χ1v) is 8.72. The molecule has 2 heterocycles. The molecule has 0 aliphatic carbocycles. The second kappa shape index (κ2) is 6.45. The summed E-state index contributed by atoms with van der Waals surface area (Å²) >= 11 is 1.42. The molecule has 0 bridgehead atoms. The lowest BCUT2D eigenvalue weighted by molar-refractivity contribution is 0.0953. The first-order chi connectivity index (χ1) is 11.8. The van der Waals surface area contributed by atoms with Crippen molar-refractivity contribution in [1.29, 1.82) is 0 Å². The van der Waals surface area contributed by atoms with E-state index in [0.29, 0.717) is 11.6 Å². The van der Waals surface area contributed by atoms with Crippen LogP contribution in [-0.2, 0) is 6.42 Å². The van der Waals surface area contributed by atoms with Gasteiger partial charge in [-0.25, -0.2) is 4.98 Å². The predicted octanol–water partition coefficient (Wildman–Crippen LogP) is 4.41. The summed E-state index contributed by atoms with van der Waals surface area (Å²) < 4.78 is 6.81. The highest BCUT2D eigenvalue weighted by Gasteiger charge is 2.11. The van der Waals surface area contributed by atoms with Crippen LogP contribution in [0.1, 0.15) is 22.0 Å². The van der Waals surface area contributed by atoms with Gasteiger partial charge in [0.2, 0.25) is 0 Å². The topological polar surface area (TPSA) is 55.1 Å². The third-order valence-corrected chi connectivity index (χ3v) is 4.89. The molecule has 0 atom stereocenters. The summed E-state index contributed by atoms with van der Waals surface area (Å²) in [5.74, 6) is 0.839. The van der Waals surface area contributed by atoms with Crippen LogP contribution < -0.4 is 5.32 Å². The second-order valence-electron chi connectivity index (χ2n) is 5.60. The molecular formula is C19H16N2O2S. The monoisotopic (exact) mass is 336 g/mol. The summed E-state index contributed by atoms with van der Waals surface area (Å²) in [6.07, 6.45) is 1.63. The molecular weight excluding hydrogens is 320 g/mol. The Morgan fingerprint density at radius 1 is 1.12 bits per heavy atom. The van der Waals surface area contributed by atoms with Gasteiger partial charge in [0.15, 0.2) is 5.01 Å². The molecule has 1 amide bonds. The number of carbonyl (C=O) groups is 1. The number of para-hydroxylation sites is 2. The zero-order chi connectivity index (χ0) is 16.4. The van der Waals surface area contributed by atoms with Gasteiger partial charge in [-0.1, -0.05) is 30.3 Å². The molecule has 24 heavy (non-hydrogen) atoms. The second-order valence-corrected chi connectivity index (χ2v) is 6.63. The summed E-state index contributed by atoms with van der Waals surface area (Å²) in [6, 6.07) is 17.8. The van der Waals surface area contributed by atoms with Crippen LogP contribution in [0.2, 0.25) is 0 Å². The van der Waals surface area contributed by atoms with Crippen LogP contribution in [0.4, 0.5) is 0 Å². The van der Waals surface area contributed by atoms with Gasteiger partial charge in [-0.2, -0.15) is 0 Å². The predicted molar refractivity (Wildman–Crippen MR) is 96.5 cm³/mol. The van der Waals surface area contributed by atoms with Crippen molar-refractivity contribution in [1.82, 2.24) is 10.3 Å². The summed E-state index contributed by atoms with van der Waals surface area (Å²) in [5, 5.41) is 4.56. The molecule has 4 rings (SSSR count). The van der Waals surface area contributed by atoms with E-state index in [0.717, 1.165) is 39.8 Å². The third kappa shape index (κ3) is 3.03. The van der Waals surface area contributed by atoms with Gasteiger partial charge in [-0.15, -0.1) is 11.3 Å². The number of fused-ring (bicyclic) bond motifs is 2. The Labute approximate surface area is 143 Å². The van der Waals surface area contributed by atoms with E-state index < -0.39 is 0 Å². The Morgan fingerprint density at radius 2 is 1.96 bits per heavy atom. The van der Waals surface area contributed by atoms with Crippen LogP contribution in [0.5, 0.6) is 0 Å². The Bertz CT molecular complexity index is 937. The van der Waals surface area contributed by atoms with E-state index in [9.17, 15) is 4.79 Å². The van der Waals surface area contributed by atoms with Crippen molar-refractivity contribution in [2.45, 2.75) is 12.8 Å². The van der Waals surface area contributed by atoms with Crippen molar-refractivity contribution in [3.05, 3.63) is 65.4 Å². The van der Waals surface area contributed by atoms with Crippen LogP contribution in [-0.4, -0.2) is 17.4 Å². The number of carbonyl (C=O) groups excluding carboxylic acids is 1. The average molecular weight is 336 g/mol. The van der Waals surface area contributed by atoms with Gasteiger partial charge < -0.3 is 9.73 Å². The van der Waals surface area contributed by atoms with E-state index in [1.54, 1.807) is 0 Å². The molecule has 5 heteroatoms.